The first-order valence-corrected chi connectivity index (χ1v) is 5.06. The highest BCUT2D eigenvalue weighted by Crippen LogP contribution is 2.29. The van der Waals surface area contributed by atoms with Crippen LogP contribution in [0.3, 0.4) is 0 Å². The van der Waals surface area contributed by atoms with Crippen molar-refractivity contribution in [3.05, 3.63) is 0 Å². The van der Waals surface area contributed by atoms with Crippen molar-refractivity contribution in [1.29, 1.82) is 0 Å². The first-order valence-electron chi connectivity index (χ1n) is 5.06. The van der Waals surface area contributed by atoms with E-state index in [9.17, 15) is 0 Å². The highest BCUT2D eigenvalue weighted by Gasteiger charge is 2.31. The number of hydrazine groups is 1. The SMILES string of the molecule is CC(C)(C)CC(C)(C)N(N)/C(CO)=N\N. The molecule has 0 aliphatic heterocycles. The zero-order valence-corrected chi connectivity index (χ0v) is 10.4. The van der Waals surface area contributed by atoms with E-state index >= 15 is 0 Å². The van der Waals surface area contributed by atoms with Crippen LogP contribution in [-0.2, 0) is 0 Å². The summed E-state index contributed by atoms with van der Waals surface area (Å²) in [4.78, 5) is 0. The minimum atomic E-state index is -0.292. The van der Waals surface area contributed by atoms with E-state index in [2.05, 4.69) is 25.9 Å². The second-order valence-corrected chi connectivity index (χ2v) is 5.62. The van der Waals surface area contributed by atoms with Gasteiger partial charge in [-0.05, 0) is 25.7 Å². The third-order valence-electron chi connectivity index (χ3n) is 2.18. The molecule has 0 aliphatic carbocycles. The summed E-state index contributed by atoms with van der Waals surface area (Å²) >= 11 is 0. The Bertz CT molecular complexity index is 230. The Morgan fingerprint density at radius 2 is 1.73 bits per heavy atom. The molecule has 90 valence electrons. The fourth-order valence-electron chi connectivity index (χ4n) is 1.91. The zero-order chi connectivity index (χ0) is 12.3. The summed E-state index contributed by atoms with van der Waals surface area (Å²) in [7, 11) is 0. The van der Waals surface area contributed by atoms with Crippen LogP contribution in [0.1, 0.15) is 41.0 Å². The molecule has 5 heteroatoms. The topological polar surface area (TPSA) is 87.9 Å². The van der Waals surface area contributed by atoms with Gasteiger partial charge in [0.25, 0.3) is 0 Å². The number of aliphatic hydroxyl groups is 1. The monoisotopic (exact) mass is 216 g/mol. The van der Waals surface area contributed by atoms with Crippen molar-refractivity contribution < 1.29 is 5.11 Å². The van der Waals surface area contributed by atoms with Gasteiger partial charge >= 0.3 is 0 Å². The third kappa shape index (κ3) is 4.48. The van der Waals surface area contributed by atoms with Gasteiger partial charge in [0.2, 0.25) is 0 Å². The van der Waals surface area contributed by atoms with Crippen LogP contribution in [0.15, 0.2) is 5.10 Å². The van der Waals surface area contributed by atoms with Crippen LogP contribution < -0.4 is 11.7 Å². The predicted octanol–water partition coefficient (Wildman–Crippen LogP) is 0.641. The molecule has 5 nitrogen and oxygen atoms in total. The van der Waals surface area contributed by atoms with Crippen LogP contribution in [0.2, 0.25) is 0 Å². The molecule has 0 aromatic heterocycles. The van der Waals surface area contributed by atoms with Crippen molar-refractivity contribution >= 4 is 5.84 Å². The molecule has 0 aliphatic rings. The van der Waals surface area contributed by atoms with E-state index in [1.807, 2.05) is 13.8 Å². The summed E-state index contributed by atoms with van der Waals surface area (Å²) in [6.45, 7) is 10.2. The molecule has 0 rings (SSSR count). The van der Waals surface area contributed by atoms with Gasteiger partial charge < -0.3 is 10.9 Å². The molecule has 0 amide bonds. The molecule has 0 aromatic carbocycles. The molecule has 5 N–H and O–H groups in total. The maximum absolute atomic E-state index is 9.03. The van der Waals surface area contributed by atoms with E-state index in [0.29, 0.717) is 5.84 Å². The third-order valence-corrected chi connectivity index (χ3v) is 2.18. The first kappa shape index (κ1) is 14.2. The molecule has 0 aromatic rings. The molecule has 0 heterocycles. The Morgan fingerprint density at radius 1 is 1.27 bits per heavy atom. The number of amidine groups is 1. The molecular formula is C10H24N4O. The molecule has 0 fully saturated rings. The van der Waals surface area contributed by atoms with Gasteiger partial charge in [-0.25, -0.2) is 5.84 Å². The lowest BCUT2D eigenvalue weighted by molar-refractivity contribution is 0.137. The van der Waals surface area contributed by atoms with Crippen LogP contribution >= 0.6 is 0 Å². The van der Waals surface area contributed by atoms with Gasteiger partial charge in [0, 0.05) is 0 Å². The average molecular weight is 216 g/mol. The zero-order valence-electron chi connectivity index (χ0n) is 10.4. The van der Waals surface area contributed by atoms with Crippen molar-refractivity contribution in [2.24, 2.45) is 22.2 Å². The largest absolute Gasteiger partial charge is 0.388 e. The maximum atomic E-state index is 9.03. The van der Waals surface area contributed by atoms with E-state index in [0.717, 1.165) is 6.42 Å². The van der Waals surface area contributed by atoms with E-state index in [4.69, 9.17) is 16.8 Å². The van der Waals surface area contributed by atoms with Crippen LogP contribution in [0.25, 0.3) is 0 Å². The molecule has 0 bridgehead atoms. The van der Waals surface area contributed by atoms with Crippen LogP contribution in [0, 0.1) is 5.41 Å². The Balaban J connectivity index is 4.72. The predicted molar refractivity (Wildman–Crippen MR) is 62.9 cm³/mol. The van der Waals surface area contributed by atoms with Crippen molar-refractivity contribution in [3.63, 3.8) is 0 Å². The quantitative estimate of drug-likeness (QED) is 0.279. The van der Waals surface area contributed by atoms with E-state index in [1.165, 1.54) is 5.01 Å². The van der Waals surface area contributed by atoms with Gasteiger partial charge in [-0.15, -0.1) is 0 Å². The second-order valence-electron chi connectivity index (χ2n) is 5.62. The molecule has 0 saturated carbocycles. The van der Waals surface area contributed by atoms with Crippen molar-refractivity contribution in [2.75, 3.05) is 6.61 Å². The second kappa shape index (κ2) is 4.81. The van der Waals surface area contributed by atoms with Crippen LogP contribution in [-0.4, -0.2) is 28.1 Å². The summed E-state index contributed by atoms with van der Waals surface area (Å²) in [6.07, 6.45) is 0.871. The minimum Gasteiger partial charge on any atom is -0.388 e. The molecule has 0 atom stereocenters. The number of nitrogens with zero attached hydrogens (tertiary/aromatic N) is 2. The average Bonchev–Trinajstić information content (AvgIpc) is 2.01. The van der Waals surface area contributed by atoms with Gasteiger partial charge in [-0.3, -0.25) is 5.01 Å². The number of hydrogen-bond acceptors (Lipinski definition) is 4. The lowest BCUT2D eigenvalue weighted by Gasteiger charge is -2.40. The summed E-state index contributed by atoms with van der Waals surface area (Å²) < 4.78 is 0. The summed E-state index contributed by atoms with van der Waals surface area (Å²) in [5.41, 5.74) is -0.143. The highest BCUT2D eigenvalue weighted by molar-refractivity contribution is 5.83. The Hall–Kier alpha value is -0.810. The van der Waals surface area contributed by atoms with E-state index < -0.39 is 0 Å². The van der Waals surface area contributed by atoms with Gasteiger partial charge in [-0.2, -0.15) is 5.10 Å². The van der Waals surface area contributed by atoms with Crippen molar-refractivity contribution in [3.8, 4) is 0 Å². The normalized spacial score (nSPS) is 14.2. The van der Waals surface area contributed by atoms with Crippen molar-refractivity contribution in [2.45, 2.75) is 46.6 Å². The Kier molecular flexibility index (Phi) is 4.55. The van der Waals surface area contributed by atoms with Crippen LogP contribution in [0.5, 0.6) is 0 Å². The first-order chi connectivity index (χ1) is 6.64. The number of hydrazone groups is 1. The van der Waals surface area contributed by atoms with Gasteiger partial charge in [0.05, 0.1) is 5.54 Å². The standard InChI is InChI=1S/C10H24N4O/c1-9(2,3)7-10(4,5)14(12)8(6-15)13-11/h15H,6-7,11-12H2,1-5H3/b13-8-. The fraction of sp³-hybridized carbons (Fsp3) is 0.900. The molecule has 0 saturated heterocycles. The number of aliphatic hydroxyl groups excluding tert-OH is 1. The molecule has 15 heavy (non-hydrogen) atoms. The molecular weight excluding hydrogens is 192 g/mol. The van der Waals surface area contributed by atoms with Crippen molar-refractivity contribution in [1.82, 2.24) is 5.01 Å². The number of hydrogen-bond donors (Lipinski definition) is 3. The van der Waals surface area contributed by atoms with Gasteiger partial charge in [0.1, 0.15) is 6.61 Å². The molecule has 0 unspecified atom stereocenters. The van der Waals surface area contributed by atoms with Gasteiger partial charge in [0.15, 0.2) is 5.84 Å². The lowest BCUT2D eigenvalue weighted by Crippen LogP contribution is -2.55. The smallest absolute Gasteiger partial charge is 0.164 e. The highest BCUT2D eigenvalue weighted by atomic mass is 16.3. The summed E-state index contributed by atoms with van der Waals surface area (Å²) in [5.74, 6) is 11.3. The number of nitrogens with two attached hydrogens (primary N) is 2. The van der Waals surface area contributed by atoms with E-state index in [-0.39, 0.29) is 17.6 Å². The number of rotatable bonds is 3. The molecule has 0 radical (unpaired) electrons. The Morgan fingerprint density at radius 3 is 2.00 bits per heavy atom. The summed E-state index contributed by atoms with van der Waals surface area (Å²) in [6, 6.07) is 0. The fourth-order valence-corrected chi connectivity index (χ4v) is 1.91. The van der Waals surface area contributed by atoms with Gasteiger partial charge in [-0.1, -0.05) is 20.8 Å². The maximum Gasteiger partial charge on any atom is 0.164 e. The minimum absolute atomic E-state index is 0.149. The van der Waals surface area contributed by atoms with E-state index in [1.54, 1.807) is 0 Å². The summed E-state index contributed by atoms with van der Waals surface area (Å²) in [5, 5.41) is 13.9. The Labute approximate surface area is 92.1 Å². The van der Waals surface area contributed by atoms with Crippen LogP contribution in [0.4, 0.5) is 0 Å². The lowest BCUT2D eigenvalue weighted by atomic mass is 9.81. The molecule has 0 spiro atoms.